The highest BCUT2D eigenvalue weighted by atomic mass is 32.2. The molecule has 0 heterocycles. The van der Waals surface area contributed by atoms with E-state index in [1.807, 2.05) is 56.3 Å². The zero-order chi connectivity index (χ0) is 19.2. The predicted octanol–water partition coefficient (Wildman–Crippen LogP) is 3.06. The molecule has 0 N–H and O–H groups in total. The molecular formula is C20H26N2O3S. The lowest BCUT2D eigenvalue weighted by atomic mass is 10.1. The Labute approximate surface area is 156 Å². The molecule has 26 heavy (non-hydrogen) atoms. The second kappa shape index (κ2) is 8.85. The van der Waals surface area contributed by atoms with E-state index in [2.05, 4.69) is 0 Å². The molecule has 0 aromatic heterocycles. The molecule has 0 saturated heterocycles. The van der Waals surface area contributed by atoms with Gasteiger partial charge in [-0.2, -0.15) is 0 Å². The second-order valence-corrected chi connectivity index (χ2v) is 8.05. The van der Waals surface area contributed by atoms with Crippen molar-refractivity contribution in [2.45, 2.75) is 26.8 Å². The highest BCUT2D eigenvalue weighted by molar-refractivity contribution is 7.92. The van der Waals surface area contributed by atoms with Crippen molar-refractivity contribution < 1.29 is 13.2 Å². The van der Waals surface area contributed by atoms with Crippen LogP contribution in [0.25, 0.3) is 0 Å². The van der Waals surface area contributed by atoms with Crippen molar-refractivity contribution in [2.75, 3.05) is 23.7 Å². The average Bonchev–Trinajstić information content (AvgIpc) is 2.63. The van der Waals surface area contributed by atoms with Crippen LogP contribution in [-0.4, -0.2) is 38.6 Å². The van der Waals surface area contributed by atoms with E-state index in [1.54, 1.807) is 17.0 Å². The summed E-state index contributed by atoms with van der Waals surface area (Å²) in [6.45, 7) is 4.64. The Balaban J connectivity index is 2.26. The summed E-state index contributed by atoms with van der Waals surface area (Å²) >= 11 is 0. The standard InChI is InChI=1S/C20H26N2O3S/c1-4-18-13-9-10-14-19(18)22(26(3,24)25)16-20(23)21(5-2)15-17-11-7-6-8-12-17/h6-14H,4-5,15-16H2,1-3H3. The molecule has 0 bridgehead atoms. The molecule has 0 saturated carbocycles. The van der Waals surface area contributed by atoms with Gasteiger partial charge in [-0.3, -0.25) is 9.10 Å². The zero-order valence-corrected chi connectivity index (χ0v) is 16.4. The third kappa shape index (κ3) is 5.08. The van der Waals surface area contributed by atoms with Crippen molar-refractivity contribution in [3.63, 3.8) is 0 Å². The second-order valence-electron chi connectivity index (χ2n) is 6.15. The number of anilines is 1. The molecule has 0 spiro atoms. The molecule has 0 fully saturated rings. The Morgan fingerprint density at radius 1 is 0.962 bits per heavy atom. The molecule has 2 aromatic rings. The minimum absolute atomic E-state index is 0.198. The van der Waals surface area contributed by atoms with E-state index in [-0.39, 0.29) is 12.5 Å². The molecule has 0 radical (unpaired) electrons. The molecule has 0 aliphatic heterocycles. The number of aryl methyl sites for hydroxylation is 1. The van der Waals surface area contributed by atoms with Gasteiger partial charge in [0.15, 0.2) is 0 Å². The van der Waals surface area contributed by atoms with Crippen LogP contribution in [0.3, 0.4) is 0 Å². The Hall–Kier alpha value is -2.34. The van der Waals surface area contributed by atoms with Gasteiger partial charge in [-0.25, -0.2) is 8.42 Å². The molecule has 2 aromatic carbocycles. The first-order valence-corrected chi connectivity index (χ1v) is 10.6. The Morgan fingerprint density at radius 2 is 1.58 bits per heavy atom. The molecule has 140 valence electrons. The molecule has 0 atom stereocenters. The zero-order valence-electron chi connectivity index (χ0n) is 15.6. The maximum Gasteiger partial charge on any atom is 0.243 e. The number of carbonyl (C=O) groups excluding carboxylic acids is 1. The van der Waals surface area contributed by atoms with Gasteiger partial charge in [-0.15, -0.1) is 0 Å². The monoisotopic (exact) mass is 374 g/mol. The number of para-hydroxylation sites is 1. The molecule has 1 amide bonds. The van der Waals surface area contributed by atoms with Gasteiger partial charge >= 0.3 is 0 Å². The fourth-order valence-electron chi connectivity index (χ4n) is 2.84. The van der Waals surface area contributed by atoms with Gasteiger partial charge in [0.1, 0.15) is 6.54 Å². The van der Waals surface area contributed by atoms with Crippen LogP contribution >= 0.6 is 0 Å². The van der Waals surface area contributed by atoms with Crippen molar-refractivity contribution in [3.8, 4) is 0 Å². The minimum atomic E-state index is -3.57. The first kappa shape index (κ1) is 20.0. The number of benzene rings is 2. The molecule has 5 nitrogen and oxygen atoms in total. The summed E-state index contributed by atoms with van der Waals surface area (Å²) in [4.78, 5) is 14.5. The SMILES string of the molecule is CCc1ccccc1N(CC(=O)N(CC)Cc1ccccc1)S(C)(=O)=O. The summed E-state index contributed by atoms with van der Waals surface area (Å²) in [5.41, 5.74) is 2.49. The molecule has 0 unspecified atom stereocenters. The van der Waals surface area contributed by atoms with Crippen LogP contribution in [0.1, 0.15) is 25.0 Å². The lowest BCUT2D eigenvalue weighted by Crippen LogP contribution is -2.42. The van der Waals surface area contributed by atoms with Crippen LogP contribution in [0.15, 0.2) is 54.6 Å². The number of hydrogen-bond donors (Lipinski definition) is 0. The summed E-state index contributed by atoms with van der Waals surface area (Å²) in [6, 6.07) is 17.0. The highest BCUT2D eigenvalue weighted by Gasteiger charge is 2.25. The van der Waals surface area contributed by atoms with Gasteiger partial charge in [0, 0.05) is 13.1 Å². The van der Waals surface area contributed by atoms with E-state index in [1.165, 1.54) is 4.31 Å². The van der Waals surface area contributed by atoms with E-state index < -0.39 is 10.0 Å². The maximum absolute atomic E-state index is 12.8. The van der Waals surface area contributed by atoms with E-state index in [4.69, 9.17) is 0 Å². The van der Waals surface area contributed by atoms with E-state index in [0.29, 0.717) is 25.2 Å². The Kier molecular flexibility index (Phi) is 6.80. The van der Waals surface area contributed by atoms with E-state index in [0.717, 1.165) is 17.4 Å². The van der Waals surface area contributed by atoms with Gasteiger partial charge in [0.25, 0.3) is 0 Å². The first-order chi connectivity index (χ1) is 12.4. The lowest BCUT2D eigenvalue weighted by Gasteiger charge is -2.28. The minimum Gasteiger partial charge on any atom is -0.337 e. The number of amides is 1. The van der Waals surface area contributed by atoms with Gasteiger partial charge in [0.05, 0.1) is 11.9 Å². The number of carbonyl (C=O) groups is 1. The number of nitrogens with zero attached hydrogens (tertiary/aromatic N) is 2. The third-order valence-electron chi connectivity index (χ3n) is 4.27. The summed E-state index contributed by atoms with van der Waals surface area (Å²) in [5.74, 6) is -0.215. The fourth-order valence-corrected chi connectivity index (χ4v) is 3.72. The Bertz CT molecular complexity index is 835. The average molecular weight is 375 g/mol. The van der Waals surface area contributed by atoms with Gasteiger partial charge in [-0.05, 0) is 30.5 Å². The predicted molar refractivity (Wildman–Crippen MR) is 106 cm³/mol. The molecule has 0 aliphatic rings. The molecule has 0 aliphatic carbocycles. The summed E-state index contributed by atoms with van der Waals surface area (Å²) < 4.78 is 25.9. The van der Waals surface area contributed by atoms with Gasteiger partial charge < -0.3 is 4.90 Å². The van der Waals surface area contributed by atoms with Crippen LogP contribution in [0, 0.1) is 0 Å². The van der Waals surface area contributed by atoms with Crippen LogP contribution < -0.4 is 4.31 Å². The van der Waals surface area contributed by atoms with Crippen LogP contribution in [0.4, 0.5) is 5.69 Å². The largest absolute Gasteiger partial charge is 0.337 e. The van der Waals surface area contributed by atoms with Crippen molar-refractivity contribution in [3.05, 3.63) is 65.7 Å². The summed E-state index contributed by atoms with van der Waals surface area (Å²) in [7, 11) is -3.57. The quantitative estimate of drug-likeness (QED) is 0.713. The number of rotatable bonds is 8. The summed E-state index contributed by atoms with van der Waals surface area (Å²) in [6.07, 6.45) is 1.83. The maximum atomic E-state index is 12.8. The number of likely N-dealkylation sites (N-methyl/N-ethyl adjacent to an activating group) is 1. The van der Waals surface area contributed by atoms with Crippen molar-refractivity contribution in [2.24, 2.45) is 0 Å². The van der Waals surface area contributed by atoms with Crippen LogP contribution in [0.2, 0.25) is 0 Å². The Morgan fingerprint density at radius 3 is 2.15 bits per heavy atom. The van der Waals surface area contributed by atoms with Crippen molar-refractivity contribution >= 4 is 21.6 Å². The molecule has 2 rings (SSSR count). The van der Waals surface area contributed by atoms with Crippen LogP contribution in [-0.2, 0) is 27.8 Å². The fraction of sp³-hybridized carbons (Fsp3) is 0.350. The smallest absolute Gasteiger partial charge is 0.243 e. The van der Waals surface area contributed by atoms with E-state index >= 15 is 0 Å². The first-order valence-electron chi connectivity index (χ1n) is 8.74. The van der Waals surface area contributed by atoms with E-state index in [9.17, 15) is 13.2 Å². The summed E-state index contributed by atoms with van der Waals surface area (Å²) in [5, 5.41) is 0. The van der Waals surface area contributed by atoms with Crippen molar-refractivity contribution in [1.82, 2.24) is 4.90 Å². The van der Waals surface area contributed by atoms with Crippen molar-refractivity contribution in [1.29, 1.82) is 0 Å². The topological polar surface area (TPSA) is 57.7 Å². The molecular weight excluding hydrogens is 348 g/mol. The van der Waals surface area contributed by atoms with Gasteiger partial charge in [0.2, 0.25) is 15.9 Å². The molecule has 6 heteroatoms. The van der Waals surface area contributed by atoms with Crippen LogP contribution in [0.5, 0.6) is 0 Å². The lowest BCUT2D eigenvalue weighted by molar-refractivity contribution is -0.129. The number of hydrogen-bond acceptors (Lipinski definition) is 3. The third-order valence-corrected chi connectivity index (χ3v) is 5.40. The number of sulfonamides is 1. The van der Waals surface area contributed by atoms with Gasteiger partial charge in [-0.1, -0.05) is 55.5 Å². The normalized spacial score (nSPS) is 11.2. The highest BCUT2D eigenvalue weighted by Crippen LogP contribution is 2.23.